The Morgan fingerprint density at radius 1 is 1.58 bits per heavy atom. The van der Waals surface area contributed by atoms with Crippen molar-refractivity contribution in [3.8, 4) is 0 Å². The standard InChI is InChI=1S/C8H10ClNOS/c9-6-1-2-12-8(6)5-3-10-4-7(5)11/h1-2,5,7,10-11H,3-4H2. The van der Waals surface area contributed by atoms with Gasteiger partial charge in [-0.15, -0.1) is 11.3 Å². The number of hydrogen-bond donors (Lipinski definition) is 2. The predicted octanol–water partition coefficient (Wildman–Crippen LogP) is 1.45. The summed E-state index contributed by atoms with van der Waals surface area (Å²) < 4.78 is 0. The summed E-state index contributed by atoms with van der Waals surface area (Å²) in [6, 6.07) is 1.88. The fourth-order valence-electron chi connectivity index (χ4n) is 1.50. The molecule has 66 valence electrons. The van der Waals surface area contributed by atoms with E-state index < -0.39 is 0 Å². The smallest absolute Gasteiger partial charge is 0.0753 e. The summed E-state index contributed by atoms with van der Waals surface area (Å²) in [4.78, 5) is 1.11. The molecule has 0 aliphatic carbocycles. The zero-order valence-corrected chi connectivity index (χ0v) is 8.03. The van der Waals surface area contributed by atoms with Gasteiger partial charge in [-0.05, 0) is 11.4 Å². The monoisotopic (exact) mass is 203 g/mol. The minimum absolute atomic E-state index is 0.192. The molecular weight excluding hydrogens is 194 g/mol. The van der Waals surface area contributed by atoms with E-state index in [-0.39, 0.29) is 12.0 Å². The molecular formula is C8H10ClNOS. The Bertz CT molecular complexity index is 276. The van der Waals surface area contributed by atoms with Gasteiger partial charge in [-0.2, -0.15) is 0 Å². The summed E-state index contributed by atoms with van der Waals surface area (Å²) in [5, 5.41) is 15.5. The van der Waals surface area contributed by atoms with Gasteiger partial charge in [0.1, 0.15) is 0 Å². The van der Waals surface area contributed by atoms with Crippen LogP contribution in [0.15, 0.2) is 11.4 Å². The first-order chi connectivity index (χ1) is 5.79. The van der Waals surface area contributed by atoms with Gasteiger partial charge in [-0.1, -0.05) is 11.6 Å². The van der Waals surface area contributed by atoms with E-state index in [1.54, 1.807) is 11.3 Å². The van der Waals surface area contributed by atoms with Gasteiger partial charge in [0.15, 0.2) is 0 Å². The molecule has 1 aliphatic heterocycles. The lowest BCUT2D eigenvalue weighted by molar-refractivity contribution is 0.179. The SMILES string of the molecule is OC1CNCC1c1sccc1Cl. The molecule has 1 saturated heterocycles. The Morgan fingerprint density at radius 3 is 2.92 bits per heavy atom. The second-order valence-corrected chi connectivity index (χ2v) is 4.32. The highest BCUT2D eigenvalue weighted by Gasteiger charge is 2.28. The van der Waals surface area contributed by atoms with E-state index in [2.05, 4.69) is 5.32 Å². The Balaban J connectivity index is 2.24. The van der Waals surface area contributed by atoms with Crippen molar-refractivity contribution in [2.75, 3.05) is 13.1 Å². The maximum atomic E-state index is 9.57. The van der Waals surface area contributed by atoms with E-state index in [0.717, 1.165) is 16.4 Å². The zero-order chi connectivity index (χ0) is 8.55. The Labute approximate surface area is 80.2 Å². The highest BCUT2D eigenvalue weighted by atomic mass is 35.5. The van der Waals surface area contributed by atoms with Crippen molar-refractivity contribution in [2.24, 2.45) is 0 Å². The third-order valence-corrected chi connectivity index (χ3v) is 3.65. The van der Waals surface area contributed by atoms with Crippen LogP contribution in [-0.4, -0.2) is 24.3 Å². The molecule has 0 bridgehead atoms. The van der Waals surface area contributed by atoms with Crippen LogP contribution in [0.5, 0.6) is 0 Å². The average Bonchev–Trinajstić information content (AvgIpc) is 2.59. The van der Waals surface area contributed by atoms with Crippen LogP contribution in [-0.2, 0) is 0 Å². The summed E-state index contributed by atoms with van der Waals surface area (Å²) in [5.41, 5.74) is 0. The lowest BCUT2D eigenvalue weighted by Crippen LogP contribution is -2.15. The molecule has 1 aromatic heterocycles. The molecule has 0 spiro atoms. The van der Waals surface area contributed by atoms with Gasteiger partial charge in [0.25, 0.3) is 0 Å². The fourth-order valence-corrected chi connectivity index (χ4v) is 2.86. The zero-order valence-electron chi connectivity index (χ0n) is 6.46. The second kappa shape index (κ2) is 3.34. The van der Waals surface area contributed by atoms with Crippen molar-refractivity contribution in [1.29, 1.82) is 0 Å². The lowest BCUT2D eigenvalue weighted by atomic mass is 10.1. The molecule has 1 aliphatic rings. The molecule has 2 N–H and O–H groups in total. The highest BCUT2D eigenvalue weighted by Crippen LogP contribution is 2.33. The predicted molar refractivity (Wildman–Crippen MR) is 50.9 cm³/mol. The number of rotatable bonds is 1. The van der Waals surface area contributed by atoms with Gasteiger partial charge in [0.05, 0.1) is 11.1 Å². The summed E-state index contributed by atoms with van der Waals surface area (Å²) in [5.74, 6) is 0.192. The number of nitrogens with one attached hydrogen (secondary N) is 1. The molecule has 4 heteroatoms. The van der Waals surface area contributed by atoms with E-state index in [4.69, 9.17) is 11.6 Å². The summed E-state index contributed by atoms with van der Waals surface area (Å²) >= 11 is 7.58. The quantitative estimate of drug-likeness (QED) is 0.724. The highest BCUT2D eigenvalue weighted by molar-refractivity contribution is 7.10. The molecule has 2 heterocycles. The number of thiophene rings is 1. The Kier molecular flexibility index (Phi) is 2.37. The largest absolute Gasteiger partial charge is 0.391 e. The molecule has 1 aromatic rings. The molecule has 0 aromatic carbocycles. The normalized spacial score (nSPS) is 29.5. The van der Waals surface area contributed by atoms with Crippen LogP contribution >= 0.6 is 22.9 Å². The van der Waals surface area contributed by atoms with Crippen molar-refractivity contribution in [2.45, 2.75) is 12.0 Å². The van der Waals surface area contributed by atoms with Gasteiger partial charge in [0, 0.05) is 23.9 Å². The van der Waals surface area contributed by atoms with E-state index in [9.17, 15) is 5.11 Å². The topological polar surface area (TPSA) is 32.3 Å². The number of halogens is 1. The molecule has 2 unspecified atom stereocenters. The first-order valence-electron chi connectivity index (χ1n) is 3.90. The maximum Gasteiger partial charge on any atom is 0.0753 e. The molecule has 2 nitrogen and oxygen atoms in total. The van der Waals surface area contributed by atoms with Crippen LogP contribution in [0.4, 0.5) is 0 Å². The molecule has 2 atom stereocenters. The Hall–Kier alpha value is -0.0900. The Morgan fingerprint density at radius 2 is 2.42 bits per heavy atom. The van der Waals surface area contributed by atoms with Gasteiger partial charge in [0.2, 0.25) is 0 Å². The van der Waals surface area contributed by atoms with Crippen LogP contribution in [0.3, 0.4) is 0 Å². The van der Waals surface area contributed by atoms with E-state index in [1.165, 1.54) is 0 Å². The molecule has 2 rings (SSSR count). The van der Waals surface area contributed by atoms with Crippen molar-refractivity contribution >= 4 is 22.9 Å². The number of aliphatic hydroxyl groups is 1. The van der Waals surface area contributed by atoms with Gasteiger partial charge >= 0.3 is 0 Å². The number of β-amino-alcohol motifs (C(OH)–C–C–N with tert-alkyl or cyclic N) is 1. The van der Waals surface area contributed by atoms with E-state index in [1.807, 2.05) is 11.4 Å². The van der Waals surface area contributed by atoms with Crippen LogP contribution in [0.2, 0.25) is 5.02 Å². The van der Waals surface area contributed by atoms with Gasteiger partial charge in [-0.3, -0.25) is 0 Å². The first kappa shape index (κ1) is 8.51. The molecule has 1 fully saturated rings. The first-order valence-corrected chi connectivity index (χ1v) is 5.16. The molecule has 0 saturated carbocycles. The average molecular weight is 204 g/mol. The van der Waals surface area contributed by atoms with Crippen molar-refractivity contribution in [3.05, 3.63) is 21.3 Å². The third-order valence-electron chi connectivity index (χ3n) is 2.16. The lowest BCUT2D eigenvalue weighted by Gasteiger charge is -2.11. The van der Waals surface area contributed by atoms with Crippen molar-refractivity contribution < 1.29 is 5.11 Å². The van der Waals surface area contributed by atoms with Crippen LogP contribution in [0.1, 0.15) is 10.8 Å². The number of aliphatic hydroxyl groups excluding tert-OH is 1. The minimum atomic E-state index is -0.277. The summed E-state index contributed by atoms with van der Waals surface area (Å²) in [6.07, 6.45) is -0.277. The fraction of sp³-hybridized carbons (Fsp3) is 0.500. The van der Waals surface area contributed by atoms with Gasteiger partial charge in [-0.25, -0.2) is 0 Å². The second-order valence-electron chi connectivity index (χ2n) is 2.96. The van der Waals surface area contributed by atoms with Crippen molar-refractivity contribution in [3.63, 3.8) is 0 Å². The van der Waals surface area contributed by atoms with Gasteiger partial charge < -0.3 is 10.4 Å². The summed E-state index contributed by atoms with van der Waals surface area (Å²) in [6.45, 7) is 1.51. The van der Waals surface area contributed by atoms with E-state index in [0.29, 0.717) is 6.54 Å². The molecule has 0 amide bonds. The van der Waals surface area contributed by atoms with Crippen LogP contribution in [0, 0.1) is 0 Å². The van der Waals surface area contributed by atoms with Crippen LogP contribution in [0.25, 0.3) is 0 Å². The number of hydrogen-bond acceptors (Lipinski definition) is 3. The maximum absolute atomic E-state index is 9.57. The summed E-state index contributed by atoms with van der Waals surface area (Å²) in [7, 11) is 0. The van der Waals surface area contributed by atoms with E-state index >= 15 is 0 Å². The van der Waals surface area contributed by atoms with Crippen molar-refractivity contribution in [1.82, 2.24) is 5.32 Å². The minimum Gasteiger partial charge on any atom is -0.391 e. The molecule has 12 heavy (non-hydrogen) atoms. The third kappa shape index (κ3) is 1.38. The van der Waals surface area contributed by atoms with Crippen LogP contribution < -0.4 is 5.32 Å². The molecule has 0 radical (unpaired) electrons.